The van der Waals surface area contributed by atoms with Crippen molar-refractivity contribution in [2.24, 2.45) is 0 Å². The van der Waals surface area contributed by atoms with E-state index in [1.54, 1.807) is 0 Å². The maximum absolute atomic E-state index is 11.5. The van der Waals surface area contributed by atoms with Gasteiger partial charge in [0.1, 0.15) is 0 Å². The van der Waals surface area contributed by atoms with Gasteiger partial charge in [-0.1, -0.05) is 13.8 Å². The van der Waals surface area contributed by atoms with Crippen LogP contribution in [0.1, 0.15) is 79.9 Å². The third-order valence-corrected chi connectivity index (χ3v) is 5.44. The summed E-state index contributed by atoms with van der Waals surface area (Å²) in [4.78, 5) is 29.7. The van der Waals surface area contributed by atoms with E-state index >= 15 is 0 Å². The molecule has 4 heteroatoms. The van der Waals surface area contributed by atoms with Crippen LogP contribution in [0.25, 0.3) is 0 Å². The average Bonchev–Trinajstić information content (AvgIpc) is 3.34. The quantitative estimate of drug-likeness (QED) is 0.483. The zero-order valence-corrected chi connectivity index (χ0v) is 15.8. The zero-order valence-electron chi connectivity index (χ0n) is 15.8. The SMILES string of the molecule is CCc1c(C(c2ccc[cH-]2)c2[nH]c(C=O)c(C)c2CC)[nH]c(C=O)c1C. The number of aromatic amines is 2. The number of aromatic nitrogens is 2. The van der Waals surface area contributed by atoms with Gasteiger partial charge in [0.2, 0.25) is 0 Å². The number of H-pyrrole nitrogens is 2. The Morgan fingerprint density at radius 1 is 0.962 bits per heavy atom. The minimum atomic E-state index is -0.0605. The van der Waals surface area contributed by atoms with Crippen molar-refractivity contribution in [2.45, 2.75) is 46.5 Å². The molecule has 1 aromatic carbocycles. The van der Waals surface area contributed by atoms with Crippen LogP contribution < -0.4 is 0 Å². The van der Waals surface area contributed by atoms with E-state index < -0.39 is 0 Å². The van der Waals surface area contributed by atoms with Gasteiger partial charge in [0.15, 0.2) is 12.6 Å². The van der Waals surface area contributed by atoms with E-state index in [1.807, 2.05) is 26.0 Å². The van der Waals surface area contributed by atoms with E-state index in [9.17, 15) is 9.59 Å². The lowest BCUT2D eigenvalue weighted by atomic mass is 9.87. The van der Waals surface area contributed by atoms with Crippen LogP contribution >= 0.6 is 0 Å². The fourth-order valence-electron chi connectivity index (χ4n) is 4.06. The molecule has 0 bridgehead atoms. The number of aldehydes is 2. The maximum Gasteiger partial charge on any atom is 0.166 e. The van der Waals surface area contributed by atoms with Crippen LogP contribution in [-0.2, 0) is 12.8 Å². The molecule has 2 aromatic heterocycles. The van der Waals surface area contributed by atoms with Gasteiger partial charge in [-0.25, -0.2) is 12.1 Å². The molecule has 0 aliphatic rings. The van der Waals surface area contributed by atoms with Gasteiger partial charge in [-0.05, 0) is 48.9 Å². The molecule has 0 atom stereocenters. The van der Waals surface area contributed by atoms with Crippen molar-refractivity contribution < 1.29 is 9.59 Å². The first-order valence-electron chi connectivity index (χ1n) is 9.11. The van der Waals surface area contributed by atoms with Crippen LogP contribution in [0.2, 0.25) is 0 Å². The fraction of sp³-hybridized carbons (Fsp3) is 0.318. The van der Waals surface area contributed by atoms with Gasteiger partial charge in [0.05, 0.1) is 11.4 Å². The summed E-state index contributed by atoms with van der Waals surface area (Å²) in [7, 11) is 0. The van der Waals surface area contributed by atoms with Crippen LogP contribution in [0.5, 0.6) is 0 Å². The standard InChI is InChI=1S/C22H25N2O2/c1-5-16-13(3)18(11-25)23-21(16)20(15-9-7-8-10-15)22-17(6-2)14(4)19(12-26)24-22/h7-12,20,23-24H,5-6H2,1-4H3/q-1. The van der Waals surface area contributed by atoms with Crippen molar-refractivity contribution in [3.05, 3.63) is 74.9 Å². The van der Waals surface area contributed by atoms with Crippen LogP contribution in [0.3, 0.4) is 0 Å². The lowest BCUT2D eigenvalue weighted by molar-refractivity contribution is 0.111. The third kappa shape index (κ3) is 2.75. The average molecular weight is 349 g/mol. The number of rotatable bonds is 7. The molecule has 3 aromatic rings. The molecule has 0 saturated heterocycles. The molecule has 136 valence electrons. The van der Waals surface area contributed by atoms with E-state index in [4.69, 9.17) is 0 Å². The van der Waals surface area contributed by atoms with E-state index in [1.165, 1.54) is 11.1 Å². The Morgan fingerprint density at radius 2 is 1.46 bits per heavy atom. The highest BCUT2D eigenvalue weighted by molar-refractivity contribution is 5.77. The first kappa shape index (κ1) is 18.1. The maximum atomic E-state index is 11.5. The van der Waals surface area contributed by atoms with Gasteiger partial charge in [0.25, 0.3) is 0 Å². The second kappa shape index (κ2) is 7.24. The second-order valence-corrected chi connectivity index (χ2v) is 6.71. The molecule has 3 rings (SSSR count). The van der Waals surface area contributed by atoms with Gasteiger partial charge in [-0.2, -0.15) is 17.7 Å². The second-order valence-electron chi connectivity index (χ2n) is 6.71. The lowest BCUT2D eigenvalue weighted by Crippen LogP contribution is -2.09. The Kier molecular flexibility index (Phi) is 5.03. The highest BCUT2D eigenvalue weighted by atomic mass is 16.1. The predicted octanol–water partition coefficient (Wildman–Crippen LogP) is 4.61. The summed E-state index contributed by atoms with van der Waals surface area (Å²) in [5.74, 6) is -0.0605. The third-order valence-electron chi connectivity index (χ3n) is 5.44. The molecule has 0 spiro atoms. The van der Waals surface area contributed by atoms with E-state index in [2.05, 4.69) is 35.9 Å². The van der Waals surface area contributed by atoms with Crippen molar-refractivity contribution in [1.29, 1.82) is 0 Å². The van der Waals surface area contributed by atoms with Crippen molar-refractivity contribution in [3.8, 4) is 0 Å². The predicted molar refractivity (Wildman–Crippen MR) is 104 cm³/mol. The monoisotopic (exact) mass is 349 g/mol. The molecule has 26 heavy (non-hydrogen) atoms. The van der Waals surface area contributed by atoms with E-state index in [-0.39, 0.29) is 5.92 Å². The summed E-state index contributed by atoms with van der Waals surface area (Å²) in [6.07, 6.45) is 3.45. The first-order valence-corrected chi connectivity index (χ1v) is 9.11. The molecule has 0 aliphatic heterocycles. The first-order chi connectivity index (χ1) is 12.6. The Bertz CT molecular complexity index is 866. The van der Waals surface area contributed by atoms with Gasteiger partial charge in [0, 0.05) is 17.3 Å². The molecule has 4 nitrogen and oxygen atoms in total. The molecule has 0 saturated carbocycles. The summed E-state index contributed by atoms with van der Waals surface area (Å²) >= 11 is 0. The van der Waals surface area contributed by atoms with E-state index in [0.29, 0.717) is 11.4 Å². The minimum Gasteiger partial charge on any atom is -0.355 e. The Balaban J connectivity index is 2.31. The molecule has 0 radical (unpaired) electrons. The highest BCUT2D eigenvalue weighted by Gasteiger charge is 2.26. The fourth-order valence-corrected chi connectivity index (χ4v) is 4.06. The minimum absolute atomic E-state index is 0.0605. The largest absolute Gasteiger partial charge is 0.355 e. The molecule has 0 amide bonds. The molecule has 2 N–H and O–H groups in total. The van der Waals surface area contributed by atoms with Gasteiger partial charge < -0.3 is 9.97 Å². The normalized spacial score (nSPS) is 11.3. The number of carbonyl (C=O) groups is 2. The van der Waals surface area contributed by atoms with Gasteiger partial charge in [-0.15, -0.1) is 0 Å². The van der Waals surface area contributed by atoms with E-state index in [0.717, 1.165) is 53.5 Å². The van der Waals surface area contributed by atoms with Crippen LogP contribution in [0.15, 0.2) is 24.3 Å². The molecule has 0 unspecified atom stereocenters. The lowest BCUT2D eigenvalue weighted by Gasteiger charge is -2.21. The Hall–Kier alpha value is -2.75. The summed E-state index contributed by atoms with van der Waals surface area (Å²) in [6.45, 7) is 8.19. The van der Waals surface area contributed by atoms with Crippen LogP contribution in [0, 0.1) is 13.8 Å². The Morgan fingerprint density at radius 3 is 1.81 bits per heavy atom. The van der Waals surface area contributed by atoms with Gasteiger partial charge in [-0.3, -0.25) is 9.59 Å². The highest BCUT2D eigenvalue weighted by Crippen LogP contribution is 2.38. The van der Waals surface area contributed by atoms with Crippen molar-refractivity contribution in [3.63, 3.8) is 0 Å². The zero-order chi connectivity index (χ0) is 18.8. The molecular weight excluding hydrogens is 324 g/mol. The smallest absolute Gasteiger partial charge is 0.166 e. The summed E-state index contributed by atoms with van der Waals surface area (Å²) in [5.41, 5.74) is 8.82. The summed E-state index contributed by atoms with van der Waals surface area (Å²) < 4.78 is 0. The Labute approximate surface area is 154 Å². The van der Waals surface area contributed by atoms with Crippen molar-refractivity contribution >= 4 is 12.6 Å². The van der Waals surface area contributed by atoms with Crippen molar-refractivity contribution in [2.75, 3.05) is 0 Å². The molecule has 0 aliphatic carbocycles. The summed E-state index contributed by atoms with van der Waals surface area (Å²) in [5, 5.41) is 0. The topological polar surface area (TPSA) is 65.7 Å². The summed E-state index contributed by atoms with van der Waals surface area (Å²) in [6, 6.07) is 8.23. The number of carbonyl (C=O) groups excluding carboxylic acids is 2. The number of nitrogens with one attached hydrogen (secondary N) is 2. The molecular formula is C22H25N2O2-. The number of hydrogen-bond donors (Lipinski definition) is 2. The molecule has 0 fully saturated rings. The van der Waals surface area contributed by atoms with Crippen LogP contribution in [0.4, 0.5) is 0 Å². The van der Waals surface area contributed by atoms with Crippen molar-refractivity contribution in [1.82, 2.24) is 9.97 Å². The number of hydrogen-bond acceptors (Lipinski definition) is 2. The molecule has 2 heterocycles. The van der Waals surface area contributed by atoms with Crippen LogP contribution in [-0.4, -0.2) is 22.5 Å². The van der Waals surface area contributed by atoms with Gasteiger partial charge >= 0.3 is 0 Å².